The smallest absolute Gasteiger partial charge is 0.389 e. The van der Waals surface area contributed by atoms with Gasteiger partial charge >= 0.3 is 6.18 Å². The highest BCUT2D eigenvalue weighted by atomic mass is 19.4. The standard InChI is InChI=1S/C6H9F3O.C2H6/c1-5(4-10)2-3-6(7,8)9;1-2/h10H,1-4H2;1-2H3. The molecule has 1 nitrogen and oxygen atoms in total. The van der Waals surface area contributed by atoms with Crippen molar-refractivity contribution in [1.82, 2.24) is 0 Å². The molecule has 0 atom stereocenters. The summed E-state index contributed by atoms with van der Waals surface area (Å²) in [6.07, 6.45) is -5.22. The number of aliphatic hydroxyl groups is 1. The van der Waals surface area contributed by atoms with Gasteiger partial charge in [-0.2, -0.15) is 13.2 Å². The van der Waals surface area contributed by atoms with Crippen molar-refractivity contribution in [2.75, 3.05) is 6.61 Å². The first-order valence-corrected chi connectivity index (χ1v) is 3.80. The maximum absolute atomic E-state index is 11.4. The van der Waals surface area contributed by atoms with Gasteiger partial charge in [0, 0.05) is 6.42 Å². The summed E-state index contributed by atoms with van der Waals surface area (Å²) in [6.45, 7) is 6.86. The molecule has 0 heterocycles. The van der Waals surface area contributed by atoms with Crippen molar-refractivity contribution >= 4 is 0 Å². The summed E-state index contributed by atoms with van der Waals surface area (Å²) in [5.74, 6) is 0. The normalized spacial score (nSPS) is 10.2. The Morgan fingerprint density at radius 3 is 2.00 bits per heavy atom. The van der Waals surface area contributed by atoms with Crippen LogP contribution in [0.25, 0.3) is 0 Å². The second kappa shape index (κ2) is 7.16. The molecule has 0 fully saturated rings. The zero-order valence-electron chi connectivity index (χ0n) is 7.41. The first-order valence-electron chi connectivity index (χ1n) is 3.80. The van der Waals surface area contributed by atoms with E-state index in [1.165, 1.54) is 0 Å². The van der Waals surface area contributed by atoms with Crippen molar-refractivity contribution in [3.63, 3.8) is 0 Å². The lowest BCUT2D eigenvalue weighted by Crippen LogP contribution is -2.07. The van der Waals surface area contributed by atoms with Gasteiger partial charge in [0.2, 0.25) is 0 Å². The highest BCUT2D eigenvalue weighted by Gasteiger charge is 2.26. The number of halogens is 3. The second-order valence-corrected chi connectivity index (χ2v) is 2.02. The Kier molecular flexibility index (Phi) is 8.37. The first-order chi connectivity index (χ1) is 5.45. The van der Waals surface area contributed by atoms with Crippen molar-refractivity contribution in [1.29, 1.82) is 0 Å². The van der Waals surface area contributed by atoms with Crippen LogP contribution >= 0.6 is 0 Å². The van der Waals surface area contributed by atoms with Crippen molar-refractivity contribution in [3.8, 4) is 0 Å². The Balaban J connectivity index is 0. The van der Waals surface area contributed by atoms with Crippen LogP contribution in [0, 0.1) is 0 Å². The van der Waals surface area contributed by atoms with Gasteiger partial charge in [0.1, 0.15) is 0 Å². The average Bonchev–Trinajstić information content (AvgIpc) is 2.03. The number of hydrogen-bond donors (Lipinski definition) is 1. The van der Waals surface area contributed by atoms with Crippen LogP contribution in [0.3, 0.4) is 0 Å². The summed E-state index contributed by atoms with van der Waals surface area (Å²) in [6, 6.07) is 0. The van der Waals surface area contributed by atoms with Gasteiger partial charge in [-0.25, -0.2) is 0 Å². The van der Waals surface area contributed by atoms with E-state index in [2.05, 4.69) is 6.58 Å². The van der Waals surface area contributed by atoms with Gasteiger partial charge < -0.3 is 5.11 Å². The highest BCUT2D eigenvalue weighted by molar-refractivity contribution is 4.93. The van der Waals surface area contributed by atoms with E-state index in [-0.39, 0.29) is 18.6 Å². The van der Waals surface area contributed by atoms with Crippen LogP contribution in [-0.4, -0.2) is 17.9 Å². The fraction of sp³-hybridized carbons (Fsp3) is 0.750. The predicted molar refractivity (Wildman–Crippen MR) is 42.9 cm³/mol. The largest absolute Gasteiger partial charge is 0.392 e. The summed E-state index contributed by atoms with van der Waals surface area (Å²) >= 11 is 0. The molecule has 1 N–H and O–H groups in total. The van der Waals surface area contributed by atoms with Gasteiger partial charge in [-0.15, -0.1) is 0 Å². The van der Waals surface area contributed by atoms with Gasteiger partial charge in [-0.3, -0.25) is 0 Å². The molecule has 0 unspecified atom stereocenters. The third kappa shape index (κ3) is 12.2. The molecule has 0 radical (unpaired) electrons. The van der Waals surface area contributed by atoms with Gasteiger partial charge in [0.25, 0.3) is 0 Å². The second-order valence-electron chi connectivity index (χ2n) is 2.02. The molecule has 4 heteroatoms. The van der Waals surface area contributed by atoms with Gasteiger partial charge in [0.05, 0.1) is 6.61 Å². The fourth-order valence-corrected chi connectivity index (χ4v) is 0.398. The van der Waals surface area contributed by atoms with Crippen LogP contribution in [0.4, 0.5) is 13.2 Å². The van der Waals surface area contributed by atoms with Crippen molar-refractivity contribution in [3.05, 3.63) is 12.2 Å². The molecule has 0 saturated heterocycles. The Hall–Kier alpha value is -0.510. The Bertz CT molecular complexity index is 118. The minimum absolute atomic E-state index is 0.181. The topological polar surface area (TPSA) is 20.2 Å². The van der Waals surface area contributed by atoms with E-state index in [4.69, 9.17) is 5.11 Å². The monoisotopic (exact) mass is 184 g/mol. The molecule has 0 aliphatic rings. The maximum Gasteiger partial charge on any atom is 0.389 e. The van der Waals surface area contributed by atoms with Crippen LogP contribution in [0.2, 0.25) is 0 Å². The minimum Gasteiger partial charge on any atom is -0.392 e. The summed E-state index contributed by atoms with van der Waals surface area (Å²) in [5.41, 5.74) is 0.220. The van der Waals surface area contributed by atoms with Crippen LogP contribution in [0.5, 0.6) is 0 Å². The fourth-order valence-electron chi connectivity index (χ4n) is 0.398. The molecule has 74 valence electrons. The number of rotatable bonds is 3. The molecule has 0 amide bonds. The van der Waals surface area contributed by atoms with E-state index >= 15 is 0 Å². The van der Waals surface area contributed by atoms with E-state index in [0.29, 0.717) is 0 Å². The first kappa shape index (κ1) is 14.0. The molecule has 0 spiro atoms. The van der Waals surface area contributed by atoms with Crippen molar-refractivity contribution in [2.24, 2.45) is 0 Å². The molecule has 0 saturated carbocycles. The SMILES string of the molecule is C=C(CO)CCC(F)(F)F.CC. The summed E-state index contributed by atoms with van der Waals surface area (Å²) in [4.78, 5) is 0. The summed E-state index contributed by atoms with van der Waals surface area (Å²) < 4.78 is 34.3. The number of alkyl halides is 3. The third-order valence-electron chi connectivity index (χ3n) is 0.986. The lowest BCUT2D eigenvalue weighted by molar-refractivity contribution is -0.134. The van der Waals surface area contributed by atoms with Crippen LogP contribution in [0.15, 0.2) is 12.2 Å². The average molecular weight is 184 g/mol. The van der Waals surface area contributed by atoms with Crippen LogP contribution in [-0.2, 0) is 0 Å². The minimum atomic E-state index is -4.14. The van der Waals surface area contributed by atoms with E-state index in [1.54, 1.807) is 0 Å². The maximum atomic E-state index is 11.4. The van der Waals surface area contributed by atoms with E-state index in [9.17, 15) is 13.2 Å². The molecule has 0 aromatic carbocycles. The third-order valence-corrected chi connectivity index (χ3v) is 0.986. The van der Waals surface area contributed by atoms with E-state index < -0.39 is 12.6 Å². The molecule has 0 aromatic heterocycles. The molecule has 0 aromatic rings. The molecular formula is C8H15F3O. The molecule has 0 aliphatic carbocycles. The zero-order valence-corrected chi connectivity index (χ0v) is 7.41. The predicted octanol–water partition coefficient (Wildman–Crippen LogP) is 2.90. The quantitative estimate of drug-likeness (QED) is 0.668. The van der Waals surface area contributed by atoms with Crippen LogP contribution in [0.1, 0.15) is 26.7 Å². The van der Waals surface area contributed by atoms with E-state index in [1.807, 2.05) is 13.8 Å². The summed E-state index contributed by atoms with van der Waals surface area (Å²) in [5, 5.41) is 8.26. The molecule has 12 heavy (non-hydrogen) atoms. The molecule has 0 aliphatic heterocycles. The van der Waals surface area contributed by atoms with Crippen LogP contribution < -0.4 is 0 Å². The lowest BCUT2D eigenvalue weighted by Gasteiger charge is -2.05. The lowest BCUT2D eigenvalue weighted by atomic mass is 10.2. The molecule has 0 bridgehead atoms. The Labute approximate surface area is 70.9 Å². The van der Waals surface area contributed by atoms with E-state index in [0.717, 1.165) is 0 Å². The van der Waals surface area contributed by atoms with Gasteiger partial charge in [-0.1, -0.05) is 26.0 Å². The number of hydrogen-bond acceptors (Lipinski definition) is 1. The number of aliphatic hydroxyl groups excluding tert-OH is 1. The van der Waals surface area contributed by atoms with Crippen molar-refractivity contribution in [2.45, 2.75) is 32.9 Å². The molecule has 0 rings (SSSR count). The Morgan fingerprint density at radius 1 is 1.33 bits per heavy atom. The zero-order chi connectivity index (χ0) is 10.2. The van der Waals surface area contributed by atoms with Crippen molar-refractivity contribution < 1.29 is 18.3 Å². The highest BCUT2D eigenvalue weighted by Crippen LogP contribution is 2.22. The summed E-state index contributed by atoms with van der Waals surface area (Å²) in [7, 11) is 0. The van der Waals surface area contributed by atoms with Gasteiger partial charge in [0.15, 0.2) is 0 Å². The van der Waals surface area contributed by atoms with Gasteiger partial charge in [-0.05, 0) is 6.42 Å². The Morgan fingerprint density at radius 2 is 1.75 bits per heavy atom. The molecular weight excluding hydrogens is 169 g/mol.